The molecule has 10 aromatic carbocycles. The number of allylic oxidation sites excluding steroid dienone is 1. The van der Waals surface area contributed by atoms with E-state index in [1.165, 1.54) is 109 Å². The van der Waals surface area contributed by atoms with Crippen LogP contribution in [0.2, 0.25) is 0 Å². The molecule has 0 bridgehead atoms. The normalized spacial score (nSPS) is 11.8. The van der Waals surface area contributed by atoms with Crippen molar-refractivity contribution < 1.29 is 0 Å². The fraction of sp³-hybridized carbons (Fsp3) is 0.0545. The van der Waals surface area contributed by atoms with E-state index in [1.807, 2.05) is 0 Å². The molecular weight excluding hydrogens is 661 g/mol. The molecule has 0 aliphatic heterocycles. The second-order valence-corrected chi connectivity index (χ2v) is 14.6. The topological polar surface area (TPSA) is 0 Å². The van der Waals surface area contributed by atoms with Crippen LogP contribution in [-0.4, -0.2) is 0 Å². The van der Waals surface area contributed by atoms with Crippen LogP contribution < -0.4 is 0 Å². The van der Waals surface area contributed by atoms with E-state index in [1.54, 1.807) is 0 Å². The highest BCUT2D eigenvalue weighted by Crippen LogP contribution is 2.46. The molecular formula is C55H40. The van der Waals surface area contributed by atoms with Crippen molar-refractivity contribution in [3.8, 4) is 44.5 Å². The number of aryl methyl sites for hydroxylation is 1. The van der Waals surface area contributed by atoms with Crippen LogP contribution in [0.3, 0.4) is 0 Å². The molecule has 0 heteroatoms. The molecule has 0 amide bonds. The largest absolute Gasteiger partial charge is 0.0870 e. The SMILES string of the molecule is C/C=C\c1c(CC)cccc1-c1ccc2c(-c3ccc4c(ccc5ccccc54)c3)c3ccccc3c(-c3ccc(-c4cccc5ccccc45)cc3)c2c1. The fourth-order valence-corrected chi connectivity index (χ4v) is 8.97. The smallest absolute Gasteiger partial charge is 0.00261 e. The van der Waals surface area contributed by atoms with Crippen LogP contribution in [0, 0.1) is 0 Å². The van der Waals surface area contributed by atoms with Crippen molar-refractivity contribution in [2.45, 2.75) is 20.3 Å². The average molecular weight is 701 g/mol. The van der Waals surface area contributed by atoms with Crippen molar-refractivity contribution >= 4 is 59.9 Å². The van der Waals surface area contributed by atoms with Crippen molar-refractivity contribution in [1.82, 2.24) is 0 Å². The predicted octanol–water partition coefficient (Wildman–Crippen LogP) is 15.7. The summed E-state index contributed by atoms with van der Waals surface area (Å²) in [5.74, 6) is 0. The molecule has 0 aliphatic carbocycles. The van der Waals surface area contributed by atoms with E-state index in [9.17, 15) is 0 Å². The van der Waals surface area contributed by atoms with Crippen molar-refractivity contribution in [3.63, 3.8) is 0 Å². The lowest BCUT2D eigenvalue weighted by Crippen LogP contribution is -1.94. The summed E-state index contributed by atoms with van der Waals surface area (Å²) in [6, 6.07) is 67.7. The molecule has 0 radical (unpaired) electrons. The Bertz CT molecular complexity index is 3120. The Morgan fingerprint density at radius 3 is 1.65 bits per heavy atom. The Morgan fingerprint density at radius 1 is 0.364 bits per heavy atom. The van der Waals surface area contributed by atoms with E-state index < -0.39 is 0 Å². The van der Waals surface area contributed by atoms with E-state index >= 15 is 0 Å². The maximum Gasteiger partial charge on any atom is -0.00261 e. The molecule has 0 saturated heterocycles. The standard InChI is InChI=1S/C55H40/c1-3-13-44-36(4-2)16-11-23-48(44)42-30-33-52-53(35-42)54(40-27-24-39(25-28-40)47-22-12-17-37-14-5-7-18-45(37)47)50-20-9-10-21-51(50)55(52)43-31-32-49-41(34-43)29-26-38-15-6-8-19-46(38)49/h3,5-35H,4H2,1-2H3/b13-3-. The molecule has 0 unspecified atom stereocenters. The van der Waals surface area contributed by atoms with Crippen molar-refractivity contribution in [3.05, 3.63) is 199 Å². The molecule has 10 aromatic rings. The van der Waals surface area contributed by atoms with E-state index in [-0.39, 0.29) is 0 Å². The van der Waals surface area contributed by atoms with Gasteiger partial charge in [-0.15, -0.1) is 0 Å². The summed E-state index contributed by atoms with van der Waals surface area (Å²) in [5, 5.41) is 12.7. The van der Waals surface area contributed by atoms with Crippen LogP contribution in [0.25, 0.3) is 104 Å². The first kappa shape index (κ1) is 32.9. The van der Waals surface area contributed by atoms with Gasteiger partial charge in [0.25, 0.3) is 0 Å². The molecule has 0 fully saturated rings. The lowest BCUT2D eigenvalue weighted by atomic mass is 9.83. The zero-order valence-electron chi connectivity index (χ0n) is 31.2. The zero-order chi connectivity index (χ0) is 36.9. The van der Waals surface area contributed by atoms with Crippen molar-refractivity contribution in [2.75, 3.05) is 0 Å². The molecule has 55 heavy (non-hydrogen) atoms. The van der Waals surface area contributed by atoms with E-state index in [0.717, 1.165) is 6.42 Å². The first-order chi connectivity index (χ1) is 27.2. The number of fused-ring (bicyclic) bond motifs is 6. The van der Waals surface area contributed by atoms with Crippen molar-refractivity contribution in [1.29, 1.82) is 0 Å². The molecule has 0 heterocycles. The molecule has 0 aliphatic rings. The van der Waals surface area contributed by atoms with Crippen LogP contribution in [0.4, 0.5) is 0 Å². The van der Waals surface area contributed by atoms with Gasteiger partial charge in [-0.2, -0.15) is 0 Å². The molecule has 0 saturated carbocycles. The highest BCUT2D eigenvalue weighted by atomic mass is 14.2. The zero-order valence-corrected chi connectivity index (χ0v) is 31.2. The summed E-state index contributed by atoms with van der Waals surface area (Å²) in [7, 11) is 0. The Hall–Kier alpha value is -6.76. The monoisotopic (exact) mass is 700 g/mol. The fourth-order valence-electron chi connectivity index (χ4n) is 8.97. The molecule has 0 atom stereocenters. The number of hydrogen-bond donors (Lipinski definition) is 0. The van der Waals surface area contributed by atoms with Crippen LogP contribution >= 0.6 is 0 Å². The van der Waals surface area contributed by atoms with Gasteiger partial charge < -0.3 is 0 Å². The number of benzene rings is 10. The van der Waals surface area contributed by atoms with Gasteiger partial charge in [-0.05, 0) is 135 Å². The lowest BCUT2D eigenvalue weighted by Gasteiger charge is -2.20. The third kappa shape index (κ3) is 5.53. The van der Waals surface area contributed by atoms with Gasteiger partial charge in [-0.1, -0.05) is 189 Å². The third-order valence-electron chi connectivity index (χ3n) is 11.6. The molecule has 260 valence electrons. The van der Waals surface area contributed by atoms with E-state index in [4.69, 9.17) is 0 Å². The summed E-state index contributed by atoms with van der Waals surface area (Å²) in [6.45, 7) is 4.36. The average Bonchev–Trinajstić information content (AvgIpc) is 3.25. The van der Waals surface area contributed by atoms with Crippen LogP contribution in [0.5, 0.6) is 0 Å². The summed E-state index contributed by atoms with van der Waals surface area (Å²) < 4.78 is 0. The summed E-state index contributed by atoms with van der Waals surface area (Å²) >= 11 is 0. The van der Waals surface area contributed by atoms with E-state index in [2.05, 4.69) is 208 Å². The second-order valence-electron chi connectivity index (χ2n) is 14.6. The summed E-state index contributed by atoms with van der Waals surface area (Å²) in [6.07, 6.45) is 5.42. The maximum absolute atomic E-state index is 2.45. The Labute approximate surface area is 322 Å². The molecule has 0 N–H and O–H groups in total. The van der Waals surface area contributed by atoms with Crippen LogP contribution in [0.1, 0.15) is 25.0 Å². The Balaban J connectivity index is 1.25. The highest BCUT2D eigenvalue weighted by Gasteiger charge is 2.19. The second kappa shape index (κ2) is 13.6. The van der Waals surface area contributed by atoms with Gasteiger partial charge in [0.05, 0.1) is 0 Å². The van der Waals surface area contributed by atoms with Gasteiger partial charge in [0.1, 0.15) is 0 Å². The number of rotatable bonds is 6. The van der Waals surface area contributed by atoms with Gasteiger partial charge in [0, 0.05) is 0 Å². The first-order valence-electron chi connectivity index (χ1n) is 19.4. The van der Waals surface area contributed by atoms with Crippen LogP contribution in [0.15, 0.2) is 188 Å². The number of hydrogen-bond acceptors (Lipinski definition) is 0. The van der Waals surface area contributed by atoms with Crippen molar-refractivity contribution in [2.24, 2.45) is 0 Å². The van der Waals surface area contributed by atoms with Gasteiger partial charge in [0.2, 0.25) is 0 Å². The minimum atomic E-state index is 0.988. The first-order valence-corrected chi connectivity index (χ1v) is 19.4. The Morgan fingerprint density at radius 2 is 0.891 bits per heavy atom. The highest BCUT2D eigenvalue weighted by molar-refractivity contribution is 6.23. The maximum atomic E-state index is 2.45. The van der Waals surface area contributed by atoms with E-state index in [0.29, 0.717) is 0 Å². The quantitative estimate of drug-likeness (QED) is 0.120. The summed E-state index contributed by atoms with van der Waals surface area (Å²) in [5.41, 5.74) is 12.6. The minimum Gasteiger partial charge on any atom is -0.0870 e. The third-order valence-corrected chi connectivity index (χ3v) is 11.6. The Kier molecular flexibility index (Phi) is 8.11. The molecule has 0 aromatic heterocycles. The molecule has 0 nitrogen and oxygen atoms in total. The lowest BCUT2D eigenvalue weighted by molar-refractivity contribution is 1.13. The van der Waals surface area contributed by atoms with Gasteiger partial charge in [-0.3, -0.25) is 0 Å². The predicted molar refractivity (Wildman–Crippen MR) is 240 cm³/mol. The summed E-state index contributed by atoms with van der Waals surface area (Å²) in [4.78, 5) is 0. The van der Waals surface area contributed by atoms with Gasteiger partial charge in [-0.25, -0.2) is 0 Å². The molecule has 0 spiro atoms. The minimum absolute atomic E-state index is 0.988. The van der Waals surface area contributed by atoms with Crippen LogP contribution in [-0.2, 0) is 6.42 Å². The molecule has 10 rings (SSSR count). The van der Waals surface area contributed by atoms with Gasteiger partial charge >= 0.3 is 0 Å². The van der Waals surface area contributed by atoms with Gasteiger partial charge in [0.15, 0.2) is 0 Å².